The normalized spacial score (nSPS) is 16.5. The first kappa shape index (κ1) is 33.7. The average Bonchev–Trinajstić information content (AvgIpc) is 3.27. The number of hydrogen-bond acceptors (Lipinski definition) is 6. The predicted octanol–water partition coefficient (Wildman–Crippen LogP) is 7.80. The van der Waals surface area contributed by atoms with E-state index in [4.69, 9.17) is 14.2 Å². The van der Waals surface area contributed by atoms with Crippen LogP contribution in [-0.2, 0) is 20.8 Å². The number of anilines is 2. The summed E-state index contributed by atoms with van der Waals surface area (Å²) in [5, 5.41) is 3.16. The van der Waals surface area contributed by atoms with Crippen molar-refractivity contribution in [3.63, 3.8) is 0 Å². The van der Waals surface area contributed by atoms with E-state index in [1.165, 1.54) is 17.7 Å². The minimum Gasteiger partial charge on any atom is -0.491 e. The van der Waals surface area contributed by atoms with Gasteiger partial charge in [-0.3, -0.25) is 9.69 Å². The van der Waals surface area contributed by atoms with E-state index in [0.29, 0.717) is 25.7 Å². The second-order valence-corrected chi connectivity index (χ2v) is 12.5. The van der Waals surface area contributed by atoms with Crippen molar-refractivity contribution in [2.45, 2.75) is 65.0 Å². The first-order valence-electron chi connectivity index (χ1n) is 17.1. The molecule has 5 rings (SSSR count). The maximum Gasteiger partial charge on any atom is 0.251 e. The Kier molecular flexibility index (Phi) is 12.7. The minimum absolute atomic E-state index is 0.0425. The van der Waals surface area contributed by atoms with Crippen LogP contribution in [0.25, 0.3) is 17.2 Å². The van der Waals surface area contributed by atoms with E-state index in [1.807, 2.05) is 24.3 Å². The van der Waals surface area contributed by atoms with Crippen molar-refractivity contribution in [3.8, 4) is 16.9 Å². The van der Waals surface area contributed by atoms with Gasteiger partial charge in [-0.25, -0.2) is 0 Å². The van der Waals surface area contributed by atoms with Crippen LogP contribution in [-0.4, -0.2) is 70.0 Å². The zero-order valence-corrected chi connectivity index (χ0v) is 27.9. The quantitative estimate of drug-likeness (QED) is 0.174. The molecule has 1 unspecified atom stereocenters. The summed E-state index contributed by atoms with van der Waals surface area (Å²) in [6.07, 6.45) is 8.33. The number of hydrogen-bond donors (Lipinski definition) is 1. The van der Waals surface area contributed by atoms with Crippen molar-refractivity contribution < 1.29 is 19.0 Å². The van der Waals surface area contributed by atoms with Gasteiger partial charge in [0.25, 0.3) is 5.91 Å². The fourth-order valence-corrected chi connectivity index (χ4v) is 6.16. The van der Waals surface area contributed by atoms with E-state index < -0.39 is 0 Å². The fourth-order valence-electron chi connectivity index (χ4n) is 6.16. The summed E-state index contributed by atoms with van der Waals surface area (Å²) in [4.78, 5) is 18.3. The number of nitrogens with zero attached hydrogens (tertiary/aromatic N) is 2. The number of nitrogens with one attached hydrogen (secondary N) is 1. The van der Waals surface area contributed by atoms with Gasteiger partial charge < -0.3 is 24.4 Å². The van der Waals surface area contributed by atoms with Crippen LogP contribution in [0.1, 0.15) is 63.5 Å². The number of carbonyl (C=O) groups excluding carboxylic acids is 1. The van der Waals surface area contributed by atoms with E-state index in [1.54, 1.807) is 0 Å². The second-order valence-electron chi connectivity index (χ2n) is 12.5. The third-order valence-corrected chi connectivity index (χ3v) is 8.86. The van der Waals surface area contributed by atoms with Gasteiger partial charge >= 0.3 is 0 Å². The molecular weight excluding hydrogens is 574 g/mol. The fraction of sp³-hybridized carbons (Fsp3) is 0.462. The van der Waals surface area contributed by atoms with Crippen LogP contribution in [0, 0.1) is 0 Å². The summed E-state index contributed by atoms with van der Waals surface area (Å²) < 4.78 is 17.1. The molecule has 0 aliphatic carbocycles. The number of unbranched alkanes of at least 4 members (excludes halogenated alkanes) is 1. The van der Waals surface area contributed by atoms with Gasteiger partial charge in [-0.15, -0.1) is 0 Å². The molecule has 0 bridgehead atoms. The molecule has 1 amide bonds. The highest BCUT2D eigenvalue weighted by atomic mass is 16.5. The number of fused-ring (bicyclic) bond motifs is 1. The number of amides is 1. The standard InChI is InChI=1S/C39H51N3O4/c1-4-6-22-44-24-25-46-37-16-11-31(12-17-37)32-13-18-38-34(26-32)27-33(19-21-42(38)20-5-2)39(43)40-35-14-9-30(10-15-35)28-41(3)36-8-7-23-45-29-36/h9-18,26-27,36H,4-8,19-25,28-29H2,1-3H3,(H,40,43). The zero-order chi connectivity index (χ0) is 32.1. The third kappa shape index (κ3) is 9.44. The number of rotatable bonds is 15. The van der Waals surface area contributed by atoms with Crippen molar-refractivity contribution >= 4 is 23.4 Å². The molecule has 0 radical (unpaired) electrons. The molecule has 7 nitrogen and oxygen atoms in total. The van der Waals surface area contributed by atoms with Crippen LogP contribution in [0.4, 0.5) is 11.4 Å². The van der Waals surface area contributed by atoms with Crippen molar-refractivity contribution in [1.82, 2.24) is 4.90 Å². The summed E-state index contributed by atoms with van der Waals surface area (Å²) >= 11 is 0. The highest BCUT2D eigenvalue weighted by molar-refractivity contribution is 6.07. The molecule has 7 heteroatoms. The van der Waals surface area contributed by atoms with Gasteiger partial charge in [0.05, 0.1) is 13.2 Å². The molecule has 0 spiro atoms. The van der Waals surface area contributed by atoms with Crippen LogP contribution >= 0.6 is 0 Å². The topological polar surface area (TPSA) is 63.3 Å². The summed E-state index contributed by atoms with van der Waals surface area (Å²) in [7, 11) is 2.16. The van der Waals surface area contributed by atoms with Crippen LogP contribution in [0.15, 0.2) is 72.3 Å². The molecule has 1 saturated heterocycles. The molecule has 1 N–H and O–H groups in total. The molecule has 3 aromatic rings. The molecule has 0 saturated carbocycles. The van der Waals surface area contributed by atoms with Gasteiger partial charge in [0, 0.05) is 55.8 Å². The Balaban J connectivity index is 1.25. The van der Waals surface area contributed by atoms with Gasteiger partial charge in [0.15, 0.2) is 0 Å². The van der Waals surface area contributed by atoms with Crippen LogP contribution in [0.5, 0.6) is 5.75 Å². The molecule has 2 aliphatic rings. The first-order chi connectivity index (χ1) is 22.5. The second kappa shape index (κ2) is 17.3. The Morgan fingerprint density at radius 1 is 0.978 bits per heavy atom. The Bertz CT molecular complexity index is 1410. The molecule has 0 aromatic heterocycles. The first-order valence-corrected chi connectivity index (χ1v) is 17.1. The van der Waals surface area contributed by atoms with Gasteiger partial charge in [0.1, 0.15) is 12.4 Å². The Morgan fingerprint density at radius 3 is 2.52 bits per heavy atom. The van der Waals surface area contributed by atoms with E-state index >= 15 is 0 Å². The van der Waals surface area contributed by atoms with Crippen molar-refractivity contribution in [2.24, 2.45) is 0 Å². The van der Waals surface area contributed by atoms with E-state index in [9.17, 15) is 4.79 Å². The van der Waals surface area contributed by atoms with Crippen molar-refractivity contribution in [1.29, 1.82) is 0 Å². The van der Waals surface area contributed by atoms with Gasteiger partial charge in [-0.1, -0.05) is 50.6 Å². The molecule has 1 atom stereocenters. The maximum atomic E-state index is 13.6. The molecule has 46 heavy (non-hydrogen) atoms. The number of ether oxygens (including phenoxy) is 3. The SMILES string of the molecule is CCCCOCCOc1ccc(-c2ccc3c(c2)C=C(C(=O)Nc2ccc(CN(C)C4CCCOC4)cc2)CCN3CCC)cc1. The predicted molar refractivity (Wildman–Crippen MR) is 189 cm³/mol. The molecule has 3 aromatic carbocycles. The molecule has 2 heterocycles. The van der Waals surface area contributed by atoms with Gasteiger partial charge in [-0.05, 0) is 104 Å². The van der Waals surface area contributed by atoms with Crippen LogP contribution < -0.4 is 15.0 Å². The summed E-state index contributed by atoms with van der Waals surface area (Å²) in [5.74, 6) is 0.795. The monoisotopic (exact) mass is 625 g/mol. The lowest BCUT2D eigenvalue weighted by molar-refractivity contribution is -0.112. The lowest BCUT2D eigenvalue weighted by Crippen LogP contribution is -2.37. The maximum absolute atomic E-state index is 13.6. The smallest absolute Gasteiger partial charge is 0.251 e. The lowest BCUT2D eigenvalue weighted by Gasteiger charge is -2.31. The lowest BCUT2D eigenvalue weighted by atomic mass is 10.00. The molecule has 2 aliphatic heterocycles. The number of benzene rings is 3. The highest BCUT2D eigenvalue weighted by Gasteiger charge is 2.21. The summed E-state index contributed by atoms with van der Waals surface area (Å²) in [5.41, 5.74) is 7.31. The third-order valence-electron chi connectivity index (χ3n) is 8.86. The largest absolute Gasteiger partial charge is 0.491 e. The number of likely N-dealkylation sites (N-methyl/N-ethyl adjacent to an activating group) is 1. The van der Waals surface area contributed by atoms with Crippen molar-refractivity contribution in [2.75, 3.05) is 63.4 Å². The van der Waals surface area contributed by atoms with E-state index in [2.05, 4.69) is 84.6 Å². The van der Waals surface area contributed by atoms with Crippen LogP contribution in [0.3, 0.4) is 0 Å². The van der Waals surface area contributed by atoms with Gasteiger partial charge in [-0.2, -0.15) is 0 Å². The minimum atomic E-state index is -0.0425. The molecule has 1 fully saturated rings. The van der Waals surface area contributed by atoms with E-state index in [-0.39, 0.29) is 5.91 Å². The Labute approximate surface area is 275 Å². The average molecular weight is 626 g/mol. The van der Waals surface area contributed by atoms with Gasteiger partial charge in [0.2, 0.25) is 0 Å². The zero-order valence-electron chi connectivity index (χ0n) is 27.9. The molecular formula is C39H51N3O4. The summed E-state index contributed by atoms with van der Waals surface area (Å²) in [6, 6.07) is 23.5. The summed E-state index contributed by atoms with van der Waals surface area (Å²) in [6.45, 7) is 10.6. The number of carbonyl (C=O) groups is 1. The highest BCUT2D eigenvalue weighted by Crippen LogP contribution is 2.33. The Hall–Kier alpha value is -3.65. The Morgan fingerprint density at radius 2 is 1.78 bits per heavy atom. The molecule has 246 valence electrons. The van der Waals surface area contributed by atoms with E-state index in [0.717, 1.165) is 98.8 Å². The van der Waals surface area contributed by atoms with Crippen molar-refractivity contribution in [3.05, 3.63) is 83.4 Å². The van der Waals surface area contributed by atoms with Crippen LogP contribution in [0.2, 0.25) is 0 Å².